The van der Waals surface area contributed by atoms with Crippen LogP contribution < -0.4 is 5.73 Å². The minimum Gasteiger partial charge on any atom is -0.330 e. The molecule has 0 amide bonds. The van der Waals surface area contributed by atoms with E-state index in [1.165, 1.54) is 103 Å². The quantitative estimate of drug-likeness (QED) is 0.148. The fourth-order valence-electron chi connectivity index (χ4n) is 4.41. The van der Waals surface area contributed by atoms with E-state index < -0.39 is 10.1 Å². The molecule has 0 spiro atoms. The van der Waals surface area contributed by atoms with Crippen LogP contribution in [0, 0.1) is 0 Å². The lowest BCUT2D eigenvalue weighted by Gasteiger charge is -2.10. The molecule has 2 N–H and O–H groups in total. The van der Waals surface area contributed by atoms with Crippen molar-refractivity contribution in [1.82, 2.24) is 0 Å². The van der Waals surface area contributed by atoms with Gasteiger partial charge in [0.05, 0.1) is 6.10 Å². The molecule has 2 rings (SSSR count). The largest absolute Gasteiger partial charge is 0.330 e. The Labute approximate surface area is 222 Å². The first-order valence-electron chi connectivity index (χ1n) is 14.5. The van der Waals surface area contributed by atoms with Gasteiger partial charge in [0, 0.05) is 5.39 Å². The normalized spacial score (nSPS) is 11.6. The highest BCUT2D eigenvalue weighted by Crippen LogP contribution is 2.24. The predicted molar refractivity (Wildman–Crippen MR) is 156 cm³/mol. The topological polar surface area (TPSA) is 69.4 Å². The van der Waals surface area contributed by atoms with Crippen molar-refractivity contribution in [3.8, 4) is 0 Å². The van der Waals surface area contributed by atoms with Crippen molar-refractivity contribution in [2.75, 3.05) is 6.54 Å². The Kier molecular flexibility index (Phi) is 18.7. The van der Waals surface area contributed by atoms with E-state index in [1.807, 2.05) is 24.3 Å². The zero-order chi connectivity index (χ0) is 26.5. The highest BCUT2D eigenvalue weighted by atomic mass is 32.2. The SMILES string of the molecule is CC(C)OS(=O)(=O)c1cccc2ccccc12.CCCCCCCCCCCCCCCCCCN. The summed E-state index contributed by atoms with van der Waals surface area (Å²) in [6.45, 7) is 6.56. The molecule has 0 heterocycles. The van der Waals surface area contributed by atoms with Gasteiger partial charge < -0.3 is 5.73 Å². The molecule has 0 aromatic heterocycles. The van der Waals surface area contributed by atoms with Crippen molar-refractivity contribution in [3.63, 3.8) is 0 Å². The van der Waals surface area contributed by atoms with Crippen LogP contribution in [0.25, 0.3) is 10.8 Å². The van der Waals surface area contributed by atoms with Crippen molar-refractivity contribution in [2.45, 2.75) is 135 Å². The average Bonchev–Trinajstić information content (AvgIpc) is 2.85. The smallest absolute Gasteiger partial charge is 0.297 e. The van der Waals surface area contributed by atoms with E-state index in [0.717, 1.165) is 11.9 Å². The lowest BCUT2D eigenvalue weighted by Crippen LogP contribution is -2.12. The van der Waals surface area contributed by atoms with Gasteiger partial charge in [-0.2, -0.15) is 8.42 Å². The number of fused-ring (bicyclic) bond motifs is 1. The molecular formula is C31H53NO3S. The van der Waals surface area contributed by atoms with Crippen molar-refractivity contribution >= 4 is 20.9 Å². The van der Waals surface area contributed by atoms with Gasteiger partial charge in [-0.1, -0.05) is 140 Å². The second-order valence-corrected chi connectivity index (χ2v) is 11.7. The van der Waals surface area contributed by atoms with Gasteiger partial charge in [-0.25, -0.2) is 0 Å². The van der Waals surface area contributed by atoms with Crippen LogP contribution >= 0.6 is 0 Å². The molecule has 0 aliphatic heterocycles. The van der Waals surface area contributed by atoms with E-state index >= 15 is 0 Å². The van der Waals surface area contributed by atoms with E-state index in [1.54, 1.807) is 32.0 Å². The molecule has 5 heteroatoms. The first kappa shape index (κ1) is 32.6. The third kappa shape index (κ3) is 15.0. The molecule has 0 radical (unpaired) electrons. The summed E-state index contributed by atoms with van der Waals surface area (Å²) in [4.78, 5) is 0.226. The number of nitrogens with two attached hydrogens (primary N) is 1. The fraction of sp³-hybridized carbons (Fsp3) is 0.677. The maximum atomic E-state index is 12.0. The van der Waals surface area contributed by atoms with Gasteiger partial charge in [-0.15, -0.1) is 0 Å². The molecule has 0 unspecified atom stereocenters. The monoisotopic (exact) mass is 519 g/mol. The molecule has 4 nitrogen and oxygen atoms in total. The number of unbranched alkanes of at least 4 members (excludes halogenated alkanes) is 15. The molecule has 2 aromatic carbocycles. The number of hydrogen-bond donors (Lipinski definition) is 1. The second-order valence-electron chi connectivity index (χ2n) is 10.2. The Morgan fingerprint density at radius 3 is 1.58 bits per heavy atom. The fourth-order valence-corrected chi connectivity index (χ4v) is 5.72. The van der Waals surface area contributed by atoms with Crippen molar-refractivity contribution in [3.05, 3.63) is 42.5 Å². The molecule has 0 bridgehead atoms. The van der Waals surface area contributed by atoms with Gasteiger partial charge in [0.1, 0.15) is 4.90 Å². The van der Waals surface area contributed by atoms with Crippen LogP contribution in [-0.2, 0) is 14.3 Å². The molecular weight excluding hydrogens is 466 g/mol. The Bertz CT molecular complexity index is 874. The summed E-state index contributed by atoms with van der Waals surface area (Å²) >= 11 is 0. The summed E-state index contributed by atoms with van der Waals surface area (Å²) < 4.78 is 29.1. The Morgan fingerprint density at radius 1 is 0.667 bits per heavy atom. The highest BCUT2D eigenvalue weighted by molar-refractivity contribution is 7.87. The van der Waals surface area contributed by atoms with Crippen LogP contribution in [0.3, 0.4) is 0 Å². The summed E-state index contributed by atoms with van der Waals surface area (Å²) in [6.07, 6.45) is 22.5. The minimum atomic E-state index is -3.69. The standard InChI is InChI=1S/C18H39N.C13H14O3S/c1-2-3-4-5-6-7-8-9-10-11-12-13-14-15-16-17-18-19;1-10(2)16-17(14,15)13-9-5-7-11-6-3-4-8-12(11)13/h2-19H2,1H3;3-10H,1-2H3. The molecule has 0 atom stereocenters. The van der Waals surface area contributed by atoms with Crippen molar-refractivity contribution < 1.29 is 12.6 Å². The van der Waals surface area contributed by atoms with Crippen LogP contribution in [0.4, 0.5) is 0 Å². The maximum absolute atomic E-state index is 12.0. The zero-order valence-corrected chi connectivity index (χ0v) is 24.2. The first-order chi connectivity index (χ1) is 17.4. The summed E-state index contributed by atoms with van der Waals surface area (Å²) in [5.41, 5.74) is 5.48. The lowest BCUT2D eigenvalue weighted by molar-refractivity contribution is 0.249. The van der Waals surface area contributed by atoms with E-state index in [-0.39, 0.29) is 11.0 Å². The summed E-state index contributed by atoms with van der Waals surface area (Å²) in [5.74, 6) is 0. The van der Waals surface area contributed by atoms with E-state index in [4.69, 9.17) is 9.92 Å². The van der Waals surface area contributed by atoms with Crippen LogP contribution in [0.1, 0.15) is 124 Å². The highest BCUT2D eigenvalue weighted by Gasteiger charge is 2.19. The molecule has 0 aliphatic rings. The third-order valence-corrected chi connectivity index (χ3v) is 7.93. The molecule has 0 saturated carbocycles. The van der Waals surface area contributed by atoms with Crippen molar-refractivity contribution in [1.29, 1.82) is 0 Å². The summed E-state index contributed by atoms with van der Waals surface area (Å²) in [6, 6.07) is 12.5. The summed E-state index contributed by atoms with van der Waals surface area (Å²) in [7, 11) is -3.69. The number of rotatable bonds is 19. The first-order valence-corrected chi connectivity index (χ1v) is 15.9. The molecule has 0 aliphatic carbocycles. The van der Waals surface area contributed by atoms with Gasteiger partial charge in [0.25, 0.3) is 10.1 Å². The lowest BCUT2D eigenvalue weighted by atomic mass is 10.0. The van der Waals surface area contributed by atoms with Crippen molar-refractivity contribution in [2.24, 2.45) is 5.73 Å². The number of benzene rings is 2. The van der Waals surface area contributed by atoms with Gasteiger partial charge in [0.2, 0.25) is 0 Å². The molecule has 206 valence electrons. The van der Waals surface area contributed by atoms with Gasteiger partial charge in [0.15, 0.2) is 0 Å². The predicted octanol–water partition coefficient (Wildman–Crippen LogP) is 9.16. The third-order valence-electron chi connectivity index (χ3n) is 6.40. The van der Waals surface area contributed by atoms with Gasteiger partial charge >= 0.3 is 0 Å². The zero-order valence-electron chi connectivity index (χ0n) is 23.3. The van der Waals surface area contributed by atoms with Crippen LogP contribution in [0.15, 0.2) is 47.4 Å². The minimum absolute atomic E-state index is 0.226. The van der Waals surface area contributed by atoms with Crippen LogP contribution in [-0.4, -0.2) is 21.1 Å². The average molecular weight is 520 g/mol. The molecule has 0 fully saturated rings. The van der Waals surface area contributed by atoms with Crippen LogP contribution in [0.2, 0.25) is 0 Å². The second kappa shape index (κ2) is 20.6. The molecule has 2 aromatic rings. The number of hydrogen-bond acceptors (Lipinski definition) is 4. The van der Waals surface area contributed by atoms with Gasteiger partial charge in [-0.3, -0.25) is 4.18 Å². The van der Waals surface area contributed by atoms with Gasteiger partial charge in [-0.05, 0) is 38.3 Å². The van der Waals surface area contributed by atoms with Crippen LogP contribution in [0.5, 0.6) is 0 Å². The molecule has 36 heavy (non-hydrogen) atoms. The summed E-state index contributed by atoms with van der Waals surface area (Å²) in [5, 5.41) is 1.58. The van der Waals surface area contributed by atoms with E-state index in [2.05, 4.69) is 6.92 Å². The maximum Gasteiger partial charge on any atom is 0.297 e. The van der Waals surface area contributed by atoms with E-state index in [0.29, 0.717) is 5.39 Å². The Balaban J connectivity index is 0.000000361. The Morgan fingerprint density at radius 2 is 1.11 bits per heavy atom. The van der Waals surface area contributed by atoms with E-state index in [9.17, 15) is 8.42 Å². The Hall–Kier alpha value is -1.43. The molecule has 0 saturated heterocycles.